The van der Waals surface area contributed by atoms with Gasteiger partial charge in [0.1, 0.15) is 10.9 Å². The summed E-state index contributed by atoms with van der Waals surface area (Å²) in [4.78, 5) is 6.23. The first-order chi connectivity index (χ1) is 15.0. The number of hydrogen-bond donors (Lipinski definition) is 0. The molecule has 0 saturated carbocycles. The number of hydrogen-bond acceptors (Lipinski definition) is 4. The summed E-state index contributed by atoms with van der Waals surface area (Å²) in [6, 6.07) is 19.3. The van der Waals surface area contributed by atoms with Gasteiger partial charge >= 0.3 is 0 Å². The zero-order valence-corrected chi connectivity index (χ0v) is 17.8. The molecule has 0 unspecified atom stereocenters. The highest BCUT2D eigenvalue weighted by molar-refractivity contribution is 6.29. The molecule has 7 heteroatoms. The first-order valence-electron chi connectivity index (χ1n) is 10.0. The second kappa shape index (κ2) is 9.73. The molecule has 1 fully saturated rings. The van der Waals surface area contributed by atoms with Crippen LogP contribution in [-0.4, -0.2) is 42.7 Å². The number of methoxy groups -OCH3 is 1. The van der Waals surface area contributed by atoms with Crippen molar-refractivity contribution in [2.75, 3.05) is 20.3 Å². The number of pyridine rings is 1. The van der Waals surface area contributed by atoms with Crippen LogP contribution in [0.15, 0.2) is 66.7 Å². The van der Waals surface area contributed by atoms with Crippen molar-refractivity contribution in [3.05, 3.63) is 83.0 Å². The van der Waals surface area contributed by atoms with Crippen LogP contribution in [0, 0.1) is 0 Å². The Morgan fingerprint density at radius 1 is 1.10 bits per heavy atom. The van der Waals surface area contributed by atoms with Crippen molar-refractivity contribution in [2.45, 2.75) is 25.1 Å². The molecule has 0 amide bonds. The smallest absolute Gasteiger partial charge is 0.256 e. The van der Waals surface area contributed by atoms with Crippen molar-refractivity contribution in [3.63, 3.8) is 0 Å². The highest BCUT2D eigenvalue weighted by Crippen LogP contribution is 2.34. The predicted octanol–water partition coefficient (Wildman–Crippen LogP) is 5.62. The number of aromatic nitrogens is 1. The van der Waals surface area contributed by atoms with Gasteiger partial charge in [-0.25, -0.2) is 13.8 Å². The Balaban J connectivity index is 1.69. The van der Waals surface area contributed by atoms with E-state index in [2.05, 4.69) is 4.98 Å². The maximum atomic E-state index is 13.9. The lowest BCUT2D eigenvalue weighted by Gasteiger charge is -2.42. The molecule has 31 heavy (non-hydrogen) atoms. The molecule has 0 N–H and O–H groups in total. The van der Waals surface area contributed by atoms with Crippen LogP contribution < -0.4 is 4.74 Å². The summed E-state index contributed by atoms with van der Waals surface area (Å²) in [6.45, 7) is 0.635. The number of alkyl halides is 2. The largest absolute Gasteiger partial charge is 0.497 e. The molecule has 0 spiro atoms. The van der Waals surface area contributed by atoms with E-state index in [0.29, 0.717) is 24.0 Å². The lowest BCUT2D eigenvalue weighted by atomic mass is 9.99. The molecule has 1 aliphatic heterocycles. The maximum Gasteiger partial charge on any atom is 0.256 e. The van der Waals surface area contributed by atoms with E-state index in [9.17, 15) is 8.78 Å². The third-order valence-corrected chi connectivity index (χ3v) is 5.67. The van der Waals surface area contributed by atoms with Crippen molar-refractivity contribution in [1.82, 2.24) is 9.88 Å². The first-order valence-corrected chi connectivity index (χ1v) is 10.4. The molecule has 162 valence electrons. The molecule has 2 aromatic carbocycles. The molecule has 0 radical (unpaired) electrons. The van der Waals surface area contributed by atoms with E-state index in [1.54, 1.807) is 18.1 Å². The van der Waals surface area contributed by atoms with E-state index < -0.39 is 12.5 Å². The van der Waals surface area contributed by atoms with E-state index in [1.807, 2.05) is 60.7 Å². The van der Waals surface area contributed by atoms with Crippen LogP contribution in [0.5, 0.6) is 5.75 Å². The quantitative estimate of drug-likeness (QED) is 0.462. The molecule has 3 aromatic rings. The van der Waals surface area contributed by atoms with Gasteiger partial charge in [-0.1, -0.05) is 54.1 Å². The predicted molar refractivity (Wildman–Crippen MR) is 117 cm³/mol. The van der Waals surface area contributed by atoms with Crippen molar-refractivity contribution < 1.29 is 18.3 Å². The standard InChI is InChI=1S/C24H23ClF2N2O2/c1-30-19-9-7-16(8-10-19)13-29-21(14-31-15-22(29)24(26)27)18-11-20(28-23(25)12-18)17-5-3-2-4-6-17/h2-12,21-22,24H,13-15H2,1H3/t21-,22-/m0/s1. The molecule has 1 aromatic heterocycles. The Morgan fingerprint density at radius 2 is 1.84 bits per heavy atom. The third kappa shape index (κ3) is 5.03. The molecular weight excluding hydrogens is 422 g/mol. The van der Waals surface area contributed by atoms with Crippen LogP contribution >= 0.6 is 11.6 Å². The summed E-state index contributed by atoms with van der Waals surface area (Å²) in [7, 11) is 1.59. The lowest BCUT2D eigenvalue weighted by molar-refractivity contribution is -0.106. The van der Waals surface area contributed by atoms with Crippen molar-refractivity contribution in [1.29, 1.82) is 0 Å². The third-order valence-electron chi connectivity index (χ3n) is 5.48. The van der Waals surface area contributed by atoms with Crippen LogP contribution in [0.3, 0.4) is 0 Å². The summed E-state index contributed by atoms with van der Waals surface area (Å²) in [5.74, 6) is 0.723. The minimum Gasteiger partial charge on any atom is -0.497 e. The highest BCUT2D eigenvalue weighted by Gasteiger charge is 2.37. The fraction of sp³-hybridized carbons (Fsp3) is 0.292. The summed E-state index contributed by atoms with van der Waals surface area (Å²) >= 11 is 6.33. The van der Waals surface area contributed by atoms with E-state index in [1.165, 1.54) is 0 Å². The molecule has 4 nitrogen and oxygen atoms in total. The molecule has 0 aliphatic carbocycles. The van der Waals surface area contributed by atoms with Gasteiger partial charge in [0.25, 0.3) is 6.43 Å². The van der Waals surface area contributed by atoms with Gasteiger partial charge in [-0.05, 0) is 35.4 Å². The van der Waals surface area contributed by atoms with E-state index >= 15 is 0 Å². The SMILES string of the molecule is COc1ccc(CN2[C@H](c3cc(Cl)nc(-c4ccccc4)c3)COC[C@H]2C(F)F)cc1. The van der Waals surface area contributed by atoms with Crippen LogP contribution in [0.1, 0.15) is 17.2 Å². The van der Waals surface area contributed by atoms with Crippen LogP contribution in [0.2, 0.25) is 5.15 Å². The summed E-state index contributed by atoms with van der Waals surface area (Å²) in [5, 5.41) is 0.319. The Kier molecular flexibility index (Phi) is 6.80. The van der Waals surface area contributed by atoms with Crippen molar-refractivity contribution in [2.24, 2.45) is 0 Å². The van der Waals surface area contributed by atoms with Crippen LogP contribution in [-0.2, 0) is 11.3 Å². The summed E-state index contributed by atoms with van der Waals surface area (Å²) in [6.07, 6.45) is -2.54. The van der Waals surface area contributed by atoms with Gasteiger partial charge in [0.05, 0.1) is 38.1 Å². The number of halogens is 3. The average Bonchev–Trinajstić information content (AvgIpc) is 2.79. The minimum absolute atomic E-state index is 0.0192. The minimum atomic E-state index is -2.54. The van der Waals surface area contributed by atoms with Crippen LogP contribution in [0.4, 0.5) is 8.78 Å². The van der Waals surface area contributed by atoms with Gasteiger partial charge in [0.2, 0.25) is 0 Å². The van der Waals surface area contributed by atoms with Gasteiger partial charge in [0.15, 0.2) is 0 Å². The number of rotatable bonds is 6. The van der Waals surface area contributed by atoms with E-state index in [4.69, 9.17) is 21.1 Å². The van der Waals surface area contributed by atoms with Crippen molar-refractivity contribution in [3.8, 4) is 17.0 Å². The highest BCUT2D eigenvalue weighted by atomic mass is 35.5. The Labute approximate surface area is 185 Å². The normalized spacial score (nSPS) is 19.5. The second-order valence-corrected chi connectivity index (χ2v) is 7.84. The molecular formula is C24H23ClF2N2O2. The first kappa shape index (κ1) is 21.7. The monoisotopic (exact) mass is 444 g/mol. The number of ether oxygens (including phenoxy) is 2. The molecule has 0 bridgehead atoms. The fourth-order valence-corrected chi connectivity index (χ4v) is 4.08. The maximum absolute atomic E-state index is 13.9. The van der Waals surface area contributed by atoms with Crippen LogP contribution in [0.25, 0.3) is 11.3 Å². The molecule has 4 rings (SSSR count). The number of morpholine rings is 1. The number of benzene rings is 2. The molecule has 1 saturated heterocycles. The average molecular weight is 445 g/mol. The van der Waals surface area contributed by atoms with E-state index in [-0.39, 0.29) is 12.6 Å². The Bertz CT molecular complexity index is 1000. The van der Waals surface area contributed by atoms with E-state index in [0.717, 1.165) is 22.4 Å². The Morgan fingerprint density at radius 3 is 2.52 bits per heavy atom. The zero-order chi connectivity index (χ0) is 21.8. The topological polar surface area (TPSA) is 34.6 Å². The fourth-order valence-electron chi connectivity index (χ4n) is 3.86. The molecule has 2 heterocycles. The zero-order valence-electron chi connectivity index (χ0n) is 17.0. The van der Waals surface area contributed by atoms with Crippen molar-refractivity contribution >= 4 is 11.6 Å². The van der Waals surface area contributed by atoms with Gasteiger partial charge in [-0.3, -0.25) is 4.90 Å². The Hall–Kier alpha value is -2.54. The summed E-state index contributed by atoms with van der Waals surface area (Å²) < 4.78 is 38.6. The summed E-state index contributed by atoms with van der Waals surface area (Å²) in [5.41, 5.74) is 3.33. The lowest BCUT2D eigenvalue weighted by Crippen LogP contribution is -2.50. The van der Waals surface area contributed by atoms with Gasteiger partial charge in [-0.15, -0.1) is 0 Å². The second-order valence-electron chi connectivity index (χ2n) is 7.45. The van der Waals surface area contributed by atoms with Gasteiger partial charge in [-0.2, -0.15) is 0 Å². The molecule has 2 atom stereocenters. The number of nitrogens with zero attached hydrogens (tertiary/aromatic N) is 2. The molecule has 1 aliphatic rings. The van der Waals surface area contributed by atoms with Gasteiger partial charge in [0, 0.05) is 12.1 Å². The van der Waals surface area contributed by atoms with Gasteiger partial charge < -0.3 is 9.47 Å².